The van der Waals surface area contributed by atoms with Gasteiger partial charge in [-0.3, -0.25) is 19.2 Å². The summed E-state index contributed by atoms with van der Waals surface area (Å²) in [7, 11) is -0.734. The van der Waals surface area contributed by atoms with Crippen molar-refractivity contribution in [2.24, 2.45) is 5.73 Å². The Kier molecular flexibility index (Phi) is 25.2. The molecule has 0 aliphatic carbocycles. The van der Waals surface area contributed by atoms with E-state index in [1.54, 1.807) is 5.32 Å². The highest BCUT2D eigenvalue weighted by molar-refractivity contribution is 7.99. The number of hydrogen-bond donors (Lipinski definition) is 10. The van der Waals surface area contributed by atoms with E-state index >= 15 is 0 Å². The highest BCUT2D eigenvalue weighted by Gasteiger charge is 2.42. The first-order chi connectivity index (χ1) is 24.7. The Labute approximate surface area is 309 Å². The zero-order valence-electron chi connectivity index (χ0n) is 30.1. The summed E-state index contributed by atoms with van der Waals surface area (Å²) in [6, 6.07) is -2.09. The highest BCUT2D eigenvalue weighted by atomic mass is 32.2. The number of rotatable bonds is 28. The lowest BCUT2D eigenvalue weighted by Gasteiger charge is -2.40. The van der Waals surface area contributed by atoms with Crippen LogP contribution in [0.25, 0.3) is 0 Å². The summed E-state index contributed by atoms with van der Waals surface area (Å²) in [5.74, 6) is -2.30. The number of amides is 4. The molecule has 1 fully saturated rings. The lowest BCUT2D eigenvalue weighted by atomic mass is 9.89. The summed E-state index contributed by atoms with van der Waals surface area (Å²) < 4.78 is 43.8. The summed E-state index contributed by atoms with van der Waals surface area (Å²) in [6.07, 6.45) is -0.387. The number of thioether (sulfide) groups is 1. The smallest absolute Gasteiger partial charge is 0.437 e. The van der Waals surface area contributed by atoms with Gasteiger partial charge in [0.2, 0.25) is 17.7 Å². The van der Waals surface area contributed by atoms with E-state index in [2.05, 4.69) is 21.2 Å². The van der Waals surface area contributed by atoms with Gasteiger partial charge in [0.1, 0.15) is 29.8 Å². The van der Waals surface area contributed by atoms with Crippen LogP contribution in [0, 0.1) is 0 Å². The van der Waals surface area contributed by atoms with Gasteiger partial charge in [0, 0.05) is 32.5 Å². The molecule has 20 heteroatoms. The van der Waals surface area contributed by atoms with Crippen LogP contribution in [-0.4, -0.2) is 132 Å². The second-order valence-electron chi connectivity index (χ2n) is 13.0. The molecule has 52 heavy (non-hydrogen) atoms. The third-order valence-corrected chi connectivity index (χ3v) is 9.65. The number of alkyl halides is 3. The van der Waals surface area contributed by atoms with Gasteiger partial charge >= 0.3 is 19.1 Å². The van der Waals surface area contributed by atoms with Crippen molar-refractivity contribution in [1.82, 2.24) is 26.5 Å². The number of nitrogens with one attached hydrogen (secondary N) is 5. The van der Waals surface area contributed by atoms with E-state index in [4.69, 9.17) is 10.5 Å². The van der Waals surface area contributed by atoms with E-state index in [9.17, 15) is 52.7 Å². The Morgan fingerprint density at radius 2 is 1.35 bits per heavy atom. The van der Waals surface area contributed by atoms with Crippen molar-refractivity contribution in [3.05, 3.63) is 0 Å². The molecular formula is C32H60BF3N6O9S. The molecule has 1 heterocycles. The second kappa shape index (κ2) is 27.4. The normalized spacial score (nSPS) is 20.9. The molecule has 0 aromatic rings. The van der Waals surface area contributed by atoms with Crippen LogP contribution in [0.1, 0.15) is 89.9 Å². The first-order valence-corrected chi connectivity index (χ1v) is 19.3. The minimum absolute atomic E-state index is 0.00804. The van der Waals surface area contributed by atoms with Crippen molar-refractivity contribution in [2.45, 2.75) is 139 Å². The molecule has 0 radical (unpaired) electrons. The highest BCUT2D eigenvalue weighted by Crippen LogP contribution is 2.28. The predicted molar refractivity (Wildman–Crippen MR) is 192 cm³/mol. The zero-order valence-corrected chi connectivity index (χ0v) is 30.9. The SMILES string of the molecule is CB(O)NCCCCC(NC(=O)C(F)(F)F)C(=O)NCCCCCC(=O)NCCCCCC(=O)NCCCCCS[C@@H]1OC(CO)[C@H](O)C(O)C1N. The Morgan fingerprint density at radius 3 is 1.88 bits per heavy atom. The quantitative estimate of drug-likeness (QED) is 0.0375. The Balaban J connectivity index is 2.05. The molecule has 0 spiro atoms. The molecule has 4 unspecified atom stereocenters. The number of carbonyl (C=O) groups is 4. The molecule has 1 aliphatic rings. The number of aliphatic hydroxyl groups is 3. The molecule has 6 atom stereocenters. The molecule has 0 aromatic heterocycles. The molecule has 15 nitrogen and oxygen atoms in total. The molecule has 0 saturated carbocycles. The van der Waals surface area contributed by atoms with Crippen LogP contribution in [0.4, 0.5) is 13.2 Å². The van der Waals surface area contributed by atoms with Crippen LogP contribution >= 0.6 is 11.8 Å². The maximum absolute atomic E-state index is 12.7. The van der Waals surface area contributed by atoms with Gasteiger partial charge in [-0.25, -0.2) is 0 Å². The van der Waals surface area contributed by atoms with Gasteiger partial charge in [-0.1, -0.05) is 19.3 Å². The fraction of sp³-hybridized carbons (Fsp3) is 0.875. The molecule has 1 saturated heterocycles. The largest absolute Gasteiger partial charge is 0.471 e. The number of halogens is 3. The zero-order chi connectivity index (χ0) is 38.9. The molecule has 11 N–H and O–H groups in total. The number of unbranched alkanes of at least 4 members (excludes halogenated alkanes) is 7. The fourth-order valence-corrected chi connectivity index (χ4v) is 6.50. The molecule has 1 rings (SSSR count). The monoisotopic (exact) mass is 772 g/mol. The first kappa shape index (κ1) is 47.8. The van der Waals surface area contributed by atoms with Gasteiger partial charge < -0.3 is 57.3 Å². The number of ether oxygens (including phenoxy) is 1. The maximum Gasteiger partial charge on any atom is 0.471 e. The molecule has 302 valence electrons. The molecule has 0 bridgehead atoms. The summed E-state index contributed by atoms with van der Waals surface area (Å²) in [6.45, 7) is 2.77. The fourth-order valence-electron chi connectivity index (χ4n) is 5.29. The van der Waals surface area contributed by atoms with Crippen LogP contribution < -0.4 is 32.2 Å². The van der Waals surface area contributed by atoms with Crippen molar-refractivity contribution in [3.63, 3.8) is 0 Å². The van der Waals surface area contributed by atoms with Crippen molar-refractivity contribution < 1.29 is 57.4 Å². The summed E-state index contributed by atoms with van der Waals surface area (Å²) in [4.78, 5) is 48.0. The number of carbonyl (C=O) groups excluding carboxylic acids is 4. The van der Waals surface area contributed by atoms with Gasteiger partial charge in [0.15, 0.2) is 0 Å². The number of hydrogen-bond acceptors (Lipinski definition) is 12. The van der Waals surface area contributed by atoms with Crippen molar-refractivity contribution in [3.8, 4) is 0 Å². The van der Waals surface area contributed by atoms with Crippen molar-refractivity contribution in [2.75, 3.05) is 38.5 Å². The van der Waals surface area contributed by atoms with Crippen LogP contribution in [0.5, 0.6) is 0 Å². The van der Waals surface area contributed by atoms with Gasteiger partial charge in [0.25, 0.3) is 0 Å². The molecular weight excluding hydrogens is 712 g/mol. The third kappa shape index (κ3) is 21.5. The lowest BCUT2D eigenvalue weighted by Crippen LogP contribution is -2.60. The van der Waals surface area contributed by atoms with Crippen LogP contribution in [0.3, 0.4) is 0 Å². The van der Waals surface area contributed by atoms with Crippen molar-refractivity contribution >= 4 is 42.4 Å². The van der Waals surface area contributed by atoms with Gasteiger partial charge in [0.05, 0.1) is 12.6 Å². The Bertz CT molecular complexity index is 1040. The molecule has 1 aliphatic heterocycles. The van der Waals surface area contributed by atoms with E-state index < -0.39 is 67.5 Å². The summed E-state index contributed by atoms with van der Waals surface area (Å²) >= 11 is 1.43. The average molecular weight is 773 g/mol. The minimum Gasteiger partial charge on any atom is -0.437 e. The second-order valence-corrected chi connectivity index (χ2v) is 14.2. The van der Waals surface area contributed by atoms with E-state index in [0.717, 1.165) is 37.9 Å². The standard InChI is InChI=1S/C32H60BF3N6O9S/c1-33(50)41-19-11-7-13-22(42-31(49)32(34,35)36)29(48)40-18-9-3-6-15-24(44)38-16-8-2-5-14-25(45)39-17-10-4-12-20-52-30-26(37)28(47)27(46)23(21-43)51-30/h22-23,26-28,30,41,43,46-47,50H,2-21,37H2,1H3,(H,38,44)(H,39,45)(H,40,48)(H,42,49)/t22?,23?,26?,27-,28?,30-/m0/s1. The lowest BCUT2D eigenvalue weighted by molar-refractivity contribution is -0.174. The van der Waals surface area contributed by atoms with E-state index in [-0.39, 0.29) is 24.8 Å². The molecule has 0 aromatic carbocycles. The number of aliphatic hydroxyl groups excluding tert-OH is 3. The van der Waals surface area contributed by atoms with E-state index in [0.29, 0.717) is 71.0 Å². The Hall–Kier alpha value is -2.20. The topological polar surface area (TPSA) is 245 Å². The van der Waals surface area contributed by atoms with Crippen LogP contribution in [0.15, 0.2) is 0 Å². The van der Waals surface area contributed by atoms with E-state index in [1.807, 2.05) is 0 Å². The number of nitrogens with two attached hydrogens (primary N) is 1. The van der Waals surface area contributed by atoms with E-state index in [1.165, 1.54) is 18.6 Å². The Morgan fingerprint density at radius 1 is 0.808 bits per heavy atom. The van der Waals surface area contributed by atoms with Crippen LogP contribution in [-0.2, 0) is 23.9 Å². The summed E-state index contributed by atoms with van der Waals surface area (Å²) in [5.41, 5.74) is 5.42. The predicted octanol–water partition coefficient (Wildman–Crippen LogP) is 0.0429. The van der Waals surface area contributed by atoms with Gasteiger partial charge in [-0.2, -0.15) is 13.2 Å². The minimum atomic E-state index is -5.11. The maximum atomic E-state index is 12.7. The van der Waals surface area contributed by atoms with Crippen LogP contribution in [0.2, 0.25) is 6.82 Å². The average Bonchev–Trinajstić information content (AvgIpc) is 3.09. The first-order valence-electron chi connectivity index (χ1n) is 18.3. The molecule has 4 amide bonds. The third-order valence-electron chi connectivity index (χ3n) is 8.37. The van der Waals surface area contributed by atoms with Gasteiger partial charge in [-0.15, -0.1) is 11.8 Å². The van der Waals surface area contributed by atoms with Crippen molar-refractivity contribution in [1.29, 1.82) is 0 Å². The van der Waals surface area contributed by atoms with Gasteiger partial charge in [-0.05, 0) is 76.9 Å². The summed E-state index contributed by atoms with van der Waals surface area (Å²) in [5, 5.41) is 51.2.